The fraction of sp³-hybridized carbons (Fsp3) is 0.417. The zero-order valence-electron chi connectivity index (χ0n) is 9.41. The van der Waals surface area contributed by atoms with Crippen molar-refractivity contribution < 1.29 is 18.7 Å². The third-order valence-corrected chi connectivity index (χ3v) is 3.13. The van der Waals surface area contributed by atoms with Crippen LogP contribution in [0, 0.1) is 11.6 Å². The molecule has 1 atom stereocenters. The molecule has 0 unspecified atom stereocenters. The Labute approximate surface area is 97.7 Å². The van der Waals surface area contributed by atoms with Crippen LogP contribution in [0.25, 0.3) is 0 Å². The number of halogens is 2. The molecule has 0 bridgehead atoms. The molecule has 0 aliphatic carbocycles. The van der Waals surface area contributed by atoms with Crippen molar-refractivity contribution in [2.24, 2.45) is 0 Å². The van der Waals surface area contributed by atoms with Gasteiger partial charge in [0, 0.05) is 18.3 Å². The van der Waals surface area contributed by atoms with E-state index in [0.717, 1.165) is 31.5 Å². The van der Waals surface area contributed by atoms with Crippen LogP contribution in [0.5, 0.6) is 0 Å². The summed E-state index contributed by atoms with van der Waals surface area (Å²) in [6.07, 6.45) is 1.95. The molecule has 0 spiro atoms. The maximum atomic E-state index is 13.5. The van der Waals surface area contributed by atoms with E-state index in [2.05, 4.69) is 0 Å². The summed E-state index contributed by atoms with van der Waals surface area (Å²) >= 11 is 0. The van der Waals surface area contributed by atoms with Crippen molar-refractivity contribution in [2.75, 3.05) is 11.4 Å². The van der Waals surface area contributed by atoms with Crippen molar-refractivity contribution in [1.29, 1.82) is 0 Å². The standard InChI is InChI=1S/C12H13F2NO2/c1-7-3-2-4-15(7)8-5-9(13)11(12(16)17)10(14)6-8/h5-7H,2-4H2,1H3,(H,16,17)/t7-/m0/s1. The van der Waals surface area contributed by atoms with Gasteiger partial charge in [-0.1, -0.05) is 0 Å². The number of benzene rings is 1. The number of nitrogens with zero attached hydrogens (tertiary/aromatic N) is 1. The van der Waals surface area contributed by atoms with E-state index in [1.54, 1.807) is 0 Å². The van der Waals surface area contributed by atoms with Gasteiger partial charge in [-0.25, -0.2) is 13.6 Å². The van der Waals surface area contributed by atoms with Crippen LogP contribution >= 0.6 is 0 Å². The van der Waals surface area contributed by atoms with Crippen molar-refractivity contribution in [1.82, 2.24) is 0 Å². The minimum atomic E-state index is -1.58. The first-order valence-electron chi connectivity index (χ1n) is 5.49. The zero-order valence-corrected chi connectivity index (χ0v) is 9.41. The Hall–Kier alpha value is -1.65. The summed E-state index contributed by atoms with van der Waals surface area (Å²) in [7, 11) is 0. The molecule has 2 rings (SSSR count). The van der Waals surface area contributed by atoms with Gasteiger partial charge in [0.2, 0.25) is 0 Å². The predicted octanol–water partition coefficient (Wildman–Crippen LogP) is 2.65. The Bertz CT molecular complexity index is 439. The molecule has 0 radical (unpaired) electrons. The van der Waals surface area contributed by atoms with Crippen molar-refractivity contribution >= 4 is 11.7 Å². The van der Waals surface area contributed by atoms with Crippen LogP contribution in [-0.4, -0.2) is 23.7 Å². The maximum Gasteiger partial charge on any atom is 0.341 e. The Balaban J connectivity index is 2.41. The smallest absolute Gasteiger partial charge is 0.341 e. The lowest BCUT2D eigenvalue weighted by Gasteiger charge is -2.24. The fourth-order valence-electron chi connectivity index (χ4n) is 2.25. The summed E-state index contributed by atoms with van der Waals surface area (Å²) in [6, 6.07) is 2.41. The van der Waals surface area contributed by atoms with E-state index in [0.29, 0.717) is 5.69 Å². The molecule has 1 aliphatic rings. The number of aromatic carboxylic acids is 1. The van der Waals surface area contributed by atoms with Crippen LogP contribution < -0.4 is 4.90 Å². The van der Waals surface area contributed by atoms with Gasteiger partial charge in [0.1, 0.15) is 17.2 Å². The Morgan fingerprint density at radius 1 is 1.41 bits per heavy atom. The van der Waals surface area contributed by atoms with Crippen molar-refractivity contribution in [3.05, 3.63) is 29.3 Å². The quantitative estimate of drug-likeness (QED) is 0.865. The molecular formula is C12H13F2NO2. The Morgan fingerprint density at radius 2 is 2.00 bits per heavy atom. The normalized spacial score (nSPS) is 19.7. The van der Waals surface area contributed by atoms with E-state index in [-0.39, 0.29) is 6.04 Å². The fourth-order valence-corrected chi connectivity index (χ4v) is 2.25. The average Bonchev–Trinajstić information content (AvgIpc) is 2.62. The second-order valence-electron chi connectivity index (χ2n) is 4.27. The summed E-state index contributed by atoms with van der Waals surface area (Å²) in [5.74, 6) is -3.63. The first kappa shape index (κ1) is 11.8. The molecule has 3 nitrogen and oxygen atoms in total. The highest BCUT2D eigenvalue weighted by atomic mass is 19.1. The molecule has 1 saturated heterocycles. The highest BCUT2D eigenvalue weighted by Gasteiger charge is 2.24. The van der Waals surface area contributed by atoms with Crippen molar-refractivity contribution in [3.63, 3.8) is 0 Å². The largest absolute Gasteiger partial charge is 0.477 e. The van der Waals surface area contributed by atoms with Gasteiger partial charge in [-0.05, 0) is 31.9 Å². The number of carboxylic acids is 1. The molecule has 1 N–H and O–H groups in total. The second kappa shape index (κ2) is 4.31. The maximum absolute atomic E-state index is 13.5. The third-order valence-electron chi connectivity index (χ3n) is 3.13. The van der Waals surface area contributed by atoms with Gasteiger partial charge in [0.05, 0.1) is 0 Å². The lowest BCUT2D eigenvalue weighted by atomic mass is 10.1. The monoisotopic (exact) mass is 241 g/mol. The van der Waals surface area contributed by atoms with E-state index in [1.165, 1.54) is 0 Å². The molecule has 1 aromatic rings. The summed E-state index contributed by atoms with van der Waals surface area (Å²) in [5, 5.41) is 8.66. The van der Waals surface area contributed by atoms with E-state index in [9.17, 15) is 13.6 Å². The molecule has 17 heavy (non-hydrogen) atoms. The van der Waals surface area contributed by atoms with Crippen LogP contribution in [0.3, 0.4) is 0 Å². The Kier molecular flexibility index (Phi) is 3.00. The molecule has 1 aromatic carbocycles. The van der Waals surface area contributed by atoms with Crippen molar-refractivity contribution in [3.8, 4) is 0 Å². The number of hydrogen-bond donors (Lipinski definition) is 1. The van der Waals surface area contributed by atoms with Crippen LogP contribution in [0.15, 0.2) is 12.1 Å². The number of anilines is 1. The minimum Gasteiger partial charge on any atom is -0.477 e. The topological polar surface area (TPSA) is 40.5 Å². The summed E-state index contributed by atoms with van der Waals surface area (Å²) in [5.41, 5.74) is -0.476. The molecule has 0 saturated carbocycles. The molecule has 1 aliphatic heterocycles. The van der Waals surface area contributed by atoms with Crippen LogP contribution in [0.4, 0.5) is 14.5 Å². The van der Waals surface area contributed by atoms with Crippen LogP contribution in [0.1, 0.15) is 30.1 Å². The van der Waals surface area contributed by atoms with Gasteiger partial charge >= 0.3 is 5.97 Å². The third kappa shape index (κ3) is 2.09. The highest BCUT2D eigenvalue weighted by Crippen LogP contribution is 2.28. The summed E-state index contributed by atoms with van der Waals surface area (Å²) < 4.78 is 27.0. The van der Waals surface area contributed by atoms with Gasteiger partial charge in [0.25, 0.3) is 0 Å². The molecular weight excluding hydrogens is 228 g/mol. The SMILES string of the molecule is C[C@H]1CCCN1c1cc(F)c(C(=O)O)c(F)c1. The summed E-state index contributed by atoms with van der Waals surface area (Å²) in [4.78, 5) is 12.5. The zero-order chi connectivity index (χ0) is 12.6. The molecule has 0 amide bonds. The lowest BCUT2D eigenvalue weighted by molar-refractivity contribution is 0.0686. The van der Waals surface area contributed by atoms with E-state index < -0.39 is 23.2 Å². The van der Waals surface area contributed by atoms with Crippen LogP contribution in [-0.2, 0) is 0 Å². The predicted molar refractivity (Wildman–Crippen MR) is 59.4 cm³/mol. The molecule has 5 heteroatoms. The number of hydrogen-bond acceptors (Lipinski definition) is 2. The number of rotatable bonds is 2. The van der Waals surface area contributed by atoms with E-state index in [1.807, 2.05) is 11.8 Å². The van der Waals surface area contributed by atoms with Gasteiger partial charge in [-0.3, -0.25) is 0 Å². The Morgan fingerprint density at radius 3 is 2.41 bits per heavy atom. The minimum absolute atomic E-state index is 0.226. The van der Waals surface area contributed by atoms with Gasteiger partial charge in [0.15, 0.2) is 0 Å². The van der Waals surface area contributed by atoms with Gasteiger partial charge < -0.3 is 10.0 Å². The number of carbonyl (C=O) groups is 1. The molecule has 1 heterocycles. The van der Waals surface area contributed by atoms with Crippen LogP contribution in [0.2, 0.25) is 0 Å². The average molecular weight is 241 g/mol. The molecule has 1 fully saturated rings. The second-order valence-corrected chi connectivity index (χ2v) is 4.27. The summed E-state index contributed by atoms with van der Waals surface area (Å²) in [6.45, 7) is 2.72. The van der Waals surface area contributed by atoms with Gasteiger partial charge in [-0.15, -0.1) is 0 Å². The first-order valence-corrected chi connectivity index (χ1v) is 5.49. The molecule has 92 valence electrons. The first-order chi connectivity index (χ1) is 8.00. The number of carboxylic acid groups (broad SMARTS) is 1. The van der Waals surface area contributed by atoms with Gasteiger partial charge in [-0.2, -0.15) is 0 Å². The van der Waals surface area contributed by atoms with E-state index in [4.69, 9.17) is 5.11 Å². The van der Waals surface area contributed by atoms with E-state index >= 15 is 0 Å². The van der Waals surface area contributed by atoms with Crippen molar-refractivity contribution in [2.45, 2.75) is 25.8 Å². The molecule has 0 aromatic heterocycles. The highest BCUT2D eigenvalue weighted by molar-refractivity contribution is 5.88. The lowest BCUT2D eigenvalue weighted by Crippen LogP contribution is -2.26.